The molecular formula is C23H30N4O5S. The highest BCUT2D eigenvalue weighted by molar-refractivity contribution is 7.88. The molecule has 33 heavy (non-hydrogen) atoms. The van der Waals surface area contributed by atoms with E-state index in [2.05, 4.69) is 15.0 Å². The van der Waals surface area contributed by atoms with Gasteiger partial charge in [-0.3, -0.25) is 4.98 Å². The number of nitrogens with zero attached hydrogens (tertiary/aromatic N) is 4. The lowest BCUT2D eigenvalue weighted by atomic mass is 9.97. The van der Waals surface area contributed by atoms with E-state index in [1.807, 2.05) is 30.3 Å². The number of hydrogen-bond donors (Lipinski definition) is 2. The van der Waals surface area contributed by atoms with E-state index in [4.69, 9.17) is 9.84 Å². The normalized spacial score (nSPS) is 12.4. The van der Waals surface area contributed by atoms with E-state index in [1.165, 1.54) is 4.31 Å². The summed E-state index contributed by atoms with van der Waals surface area (Å²) in [7, 11) is -3.40. The number of hydrogen-bond acceptors (Lipinski definition) is 8. The van der Waals surface area contributed by atoms with Crippen molar-refractivity contribution < 1.29 is 23.4 Å². The fourth-order valence-electron chi connectivity index (χ4n) is 3.45. The summed E-state index contributed by atoms with van der Waals surface area (Å²) in [6.45, 7) is 3.80. The van der Waals surface area contributed by atoms with Crippen molar-refractivity contribution in [3.05, 3.63) is 48.3 Å². The summed E-state index contributed by atoms with van der Waals surface area (Å²) in [5.74, 6) is 0.323. The van der Waals surface area contributed by atoms with E-state index < -0.39 is 15.6 Å². The van der Waals surface area contributed by atoms with Gasteiger partial charge in [-0.25, -0.2) is 18.4 Å². The highest BCUT2D eigenvalue weighted by Gasteiger charge is 2.17. The molecule has 0 saturated heterocycles. The van der Waals surface area contributed by atoms with Gasteiger partial charge in [-0.05, 0) is 31.9 Å². The lowest BCUT2D eigenvalue weighted by Crippen LogP contribution is -2.34. The zero-order valence-electron chi connectivity index (χ0n) is 19.1. The van der Waals surface area contributed by atoms with Crippen molar-refractivity contribution in [1.29, 1.82) is 0 Å². The van der Waals surface area contributed by atoms with Crippen molar-refractivity contribution in [2.45, 2.75) is 32.3 Å². The Kier molecular flexibility index (Phi) is 7.96. The Morgan fingerprint density at radius 3 is 2.42 bits per heavy atom. The van der Waals surface area contributed by atoms with Gasteiger partial charge in [0.1, 0.15) is 0 Å². The van der Waals surface area contributed by atoms with Crippen molar-refractivity contribution in [2.24, 2.45) is 0 Å². The fraction of sp³-hybridized carbons (Fsp3) is 0.435. The van der Waals surface area contributed by atoms with Crippen molar-refractivity contribution in [1.82, 2.24) is 19.3 Å². The second-order valence-electron chi connectivity index (χ2n) is 8.51. The van der Waals surface area contributed by atoms with Gasteiger partial charge in [0, 0.05) is 37.5 Å². The summed E-state index contributed by atoms with van der Waals surface area (Å²) >= 11 is 0. The maximum absolute atomic E-state index is 11.8. The minimum absolute atomic E-state index is 0.0461. The molecule has 0 radical (unpaired) electrons. The van der Waals surface area contributed by atoms with Crippen LogP contribution in [0.1, 0.15) is 25.8 Å². The minimum Gasteiger partial charge on any atom is -0.476 e. The summed E-state index contributed by atoms with van der Waals surface area (Å²) < 4.78 is 30.7. The molecule has 0 bridgehead atoms. The zero-order chi connectivity index (χ0) is 24.1. The third-order valence-corrected chi connectivity index (χ3v) is 6.22. The number of ether oxygens (including phenoxy) is 1. The molecule has 0 amide bonds. The lowest BCUT2D eigenvalue weighted by molar-refractivity contribution is 0.0810. The first-order valence-electron chi connectivity index (χ1n) is 10.7. The Labute approximate surface area is 194 Å². The smallest absolute Gasteiger partial charge is 0.242 e. The quantitative estimate of drug-likeness (QED) is 0.404. The van der Waals surface area contributed by atoms with Gasteiger partial charge < -0.3 is 14.9 Å². The van der Waals surface area contributed by atoms with Gasteiger partial charge in [-0.1, -0.05) is 24.3 Å². The molecule has 0 fully saturated rings. The van der Waals surface area contributed by atoms with Crippen LogP contribution in [0.2, 0.25) is 0 Å². The van der Waals surface area contributed by atoms with Crippen LogP contribution in [0.3, 0.4) is 0 Å². The van der Waals surface area contributed by atoms with Crippen LogP contribution in [0.15, 0.2) is 42.7 Å². The molecule has 0 aliphatic rings. The van der Waals surface area contributed by atoms with E-state index in [9.17, 15) is 13.5 Å². The first-order valence-corrected chi connectivity index (χ1v) is 12.5. The Morgan fingerprint density at radius 2 is 1.79 bits per heavy atom. The minimum atomic E-state index is -3.40. The molecule has 1 aromatic carbocycles. The summed E-state index contributed by atoms with van der Waals surface area (Å²) in [6.07, 6.45) is 5.24. The molecule has 2 N–H and O–H groups in total. The number of fused-ring (bicyclic) bond motifs is 1. The summed E-state index contributed by atoms with van der Waals surface area (Å²) in [5.41, 5.74) is 2.93. The Balaban J connectivity index is 1.78. The van der Waals surface area contributed by atoms with Crippen LogP contribution < -0.4 is 4.74 Å². The Morgan fingerprint density at radius 1 is 1.09 bits per heavy atom. The third-order valence-electron chi connectivity index (χ3n) is 4.92. The van der Waals surface area contributed by atoms with Crippen LogP contribution in [0.4, 0.5) is 0 Å². The standard InChI is InChI=1S/C23H30N4O5S/c1-23(2,29)16-17-5-7-18(8-6-17)19-15-20-21(25-10-9-24-20)22(26-19)32-14-4-11-27(12-13-28)33(3,30)31/h5-10,15,28-29H,4,11-14,16H2,1-3H3. The van der Waals surface area contributed by atoms with Crippen LogP contribution in [0.5, 0.6) is 5.88 Å². The molecule has 2 aromatic heterocycles. The molecule has 0 spiro atoms. The molecule has 0 unspecified atom stereocenters. The summed E-state index contributed by atoms with van der Waals surface area (Å²) in [4.78, 5) is 13.3. The van der Waals surface area contributed by atoms with Crippen LogP contribution in [-0.4, -0.2) is 76.0 Å². The first-order chi connectivity index (χ1) is 15.6. The van der Waals surface area contributed by atoms with Crippen LogP contribution in [0, 0.1) is 0 Å². The second-order valence-corrected chi connectivity index (χ2v) is 10.5. The summed E-state index contributed by atoms with van der Waals surface area (Å²) in [6, 6.07) is 9.63. The third kappa shape index (κ3) is 7.16. The van der Waals surface area contributed by atoms with Gasteiger partial charge in [-0.15, -0.1) is 0 Å². The molecule has 178 valence electrons. The van der Waals surface area contributed by atoms with Crippen molar-refractivity contribution in [3.8, 4) is 17.1 Å². The number of rotatable bonds is 11. The molecule has 2 heterocycles. The number of sulfonamides is 1. The van der Waals surface area contributed by atoms with Crippen LogP contribution in [-0.2, 0) is 16.4 Å². The van der Waals surface area contributed by atoms with E-state index in [0.29, 0.717) is 35.4 Å². The van der Waals surface area contributed by atoms with Gasteiger partial charge in [0.15, 0.2) is 5.52 Å². The fourth-order valence-corrected chi connectivity index (χ4v) is 4.32. The van der Waals surface area contributed by atoms with Crippen molar-refractivity contribution >= 4 is 21.1 Å². The zero-order valence-corrected chi connectivity index (χ0v) is 19.9. The lowest BCUT2D eigenvalue weighted by Gasteiger charge is -2.18. The molecule has 0 aliphatic heterocycles. The largest absolute Gasteiger partial charge is 0.476 e. The average molecular weight is 475 g/mol. The van der Waals surface area contributed by atoms with Gasteiger partial charge in [0.25, 0.3) is 0 Å². The Bertz CT molecular complexity index is 1180. The molecule has 3 aromatic rings. The maximum Gasteiger partial charge on any atom is 0.242 e. The predicted octanol–water partition coefficient (Wildman–Crippen LogP) is 2.03. The predicted molar refractivity (Wildman–Crippen MR) is 126 cm³/mol. The topological polar surface area (TPSA) is 126 Å². The molecule has 10 heteroatoms. The maximum atomic E-state index is 11.8. The highest BCUT2D eigenvalue weighted by atomic mass is 32.2. The van der Waals surface area contributed by atoms with Gasteiger partial charge in [-0.2, -0.15) is 4.31 Å². The number of pyridine rings is 1. The van der Waals surface area contributed by atoms with Gasteiger partial charge in [0.05, 0.1) is 36.3 Å². The molecule has 0 saturated carbocycles. The monoisotopic (exact) mass is 474 g/mol. The Hall–Kier alpha value is -2.66. The first kappa shape index (κ1) is 25.0. The molecule has 0 aliphatic carbocycles. The number of aromatic nitrogens is 3. The van der Waals surface area contributed by atoms with Crippen LogP contribution in [0.25, 0.3) is 22.3 Å². The number of benzene rings is 1. The molecule has 9 nitrogen and oxygen atoms in total. The highest BCUT2D eigenvalue weighted by Crippen LogP contribution is 2.27. The number of aliphatic hydroxyl groups is 2. The van der Waals surface area contributed by atoms with E-state index in [-0.39, 0.29) is 26.3 Å². The molecule has 3 rings (SSSR count). The van der Waals surface area contributed by atoms with Gasteiger partial charge >= 0.3 is 0 Å². The SMILES string of the molecule is CC(C)(O)Cc1ccc(-c2cc3nccnc3c(OCCCN(CCO)S(C)(=O)=O)n2)cc1. The van der Waals surface area contributed by atoms with E-state index in [1.54, 1.807) is 26.2 Å². The second kappa shape index (κ2) is 10.5. The summed E-state index contributed by atoms with van der Waals surface area (Å²) in [5, 5.41) is 19.1. The van der Waals surface area contributed by atoms with E-state index >= 15 is 0 Å². The van der Waals surface area contributed by atoms with E-state index in [0.717, 1.165) is 17.4 Å². The van der Waals surface area contributed by atoms with Gasteiger partial charge in [0.2, 0.25) is 15.9 Å². The number of aliphatic hydroxyl groups excluding tert-OH is 1. The van der Waals surface area contributed by atoms with Crippen molar-refractivity contribution in [2.75, 3.05) is 32.6 Å². The molecular weight excluding hydrogens is 444 g/mol. The average Bonchev–Trinajstić information content (AvgIpc) is 2.74. The van der Waals surface area contributed by atoms with Crippen molar-refractivity contribution in [3.63, 3.8) is 0 Å². The van der Waals surface area contributed by atoms with Crippen LogP contribution >= 0.6 is 0 Å². The molecule has 0 atom stereocenters.